The van der Waals surface area contributed by atoms with Crippen LogP contribution in [0.1, 0.15) is 31.9 Å². The molecule has 0 aliphatic heterocycles. The fraction of sp³-hybridized carbons (Fsp3) is 0.500. The summed E-state index contributed by atoms with van der Waals surface area (Å²) in [6.07, 6.45) is 0. The molecule has 0 saturated carbocycles. The molecule has 1 atom stereocenters. The third-order valence-corrected chi connectivity index (χ3v) is 3.06. The molecule has 1 rings (SSSR count). The molecule has 0 saturated heterocycles. The van der Waals surface area contributed by atoms with Crippen molar-refractivity contribution >= 4 is 5.91 Å². The van der Waals surface area contributed by atoms with Gasteiger partial charge in [0.2, 0.25) is 5.91 Å². The van der Waals surface area contributed by atoms with Gasteiger partial charge in [0.15, 0.2) is 0 Å². The molecule has 3 nitrogen and oxygen atoms in total. The molecule has 0 heterocycles. The molecule has 0 spiro atoms. The summed E-state index contributed by atoms with van der Waals surface area (Å²) in [5.74, 6) is -0.393. The summed E-state index contributed by atoms with van der Waals surface area (Å²) in [6, 6.07) is 4.50. The normalized spacial score (nSPS) is 13.2. The van der Waals surface area contributed by atoms with E-state index in [2.05, 4.69) is 5.32 Å². The van der Waals surface area contributed by atoms with Gasteiger partial charge in [0.1, 0.15) is 5.82 Å². The van der Waals surface area contributed by atoms with Gasteiger partial charge in [0, 0.05) is 12.0 Å². The molecule has 0 fully saturated rings. The van der Waals surface area contributed by atoms with Crippen molar-refractivity contribution in [1.29, 1.82) is 0 Å². The second kappa shape index (κ2) is 5.48. The van der Waals surface area contributed by atoms with Crippen LogP contribution in [0.3, 0.4) is 0 Å². The lowest BCUT2D eigenvalue weighted by Crippen LogP contribution is -2.43. The van der Waals surface area contributed by atoms with Crippen molar-refractivity contribution in [2.45, 2.75) is 39.2 Å². The van der Waals surface area contributed by atoms with Crippen LogP contribution >= 0.6 is 0 Å². The van der Waals surface area contributed by atoms with E-state index >= 15 is 0 Å². The number of hydrogen-bond donors (Lipinski definition) is 2. The molecule has 0 aliphatic rings. The van der Waals surface area contributed by atoms with Crippen LogP contribution in [0.15, 0.2) is 18.2 Å². The Morgan fingerprint density at radius 3 is 2.61 bits per heavy atom. The van der Waals surface area contributed by atoms with Gasteiger partial charge in [0.25, 0.3) is 0 Å². The zero-order valence-electron chi connectivity index (χ0n) is 11.4. The lowest BCUT2D eigenvalue weighted by Gasteiger charge is -2.26. The van der Waals surface area contributed by atoms with E-state index in [1.807, 2.05) is 19.9 Å². The molecular formula is C14H21FN2O. The van der Waals surface area contributed by atoms with E-state index < -0.39 is 6.04 Å². The number of hydrogen-bond acceptors (Lipinski definition) is 2. The SMILES string of the molecule is Cc1cc(C(C)(C)CNC(=O)C(C)N)ccc1F. The molecule has 0 radical (unpaired) electrons. The van der Waals surface area contributed by atoms with Gasteiger partial charge in [-0.2, -0.15) is 0 Å². The fourth-order valence-corrected chi connectivity index (χ4v) is 1.64. The lowest BCUT2D eigenvalue weighted by atomic mass is 9.84. The highest BCUT2D eigenvalue weighted by Crippen LogP contribution is 2.24. The topological polar surface area (TPSA) is 55.1 Å². The highest BCUT2D eigenvalue weighted by molar-refractivity contribution is 5.81. The molecule has 1 unspecified atom stereocenters. The predicted octanol–water partition coefficient (Wildman–Crippen LogP) is 1.88. The Kier molecular flexibility index (Phi) is 4.46. The smallest absolute Gasteiger partial charge is 0.236 e. The molecule has 0 bridgehead atoms. The van der Waals surface area contributed by atoms with Crippen molar-refractivity contribution in [3.05, 3.63) is 35.1 Å². The summed E-state index contributed by atoms with van der Waals surface area (Å²) >= 11 is 0. The van der Waals surface area contributed by atoms with Crippen molar-refractivity contribution in [3.63, 3.8) is 0 Å². The number of nitrogens with one attached hydrogen (secondary N) is 1. The van der Waals surface area contributed by atoms with Gasteiger partial charge in [-0.3, -0.25) is 4.79 Å². The standard InChI is InChI=1S/C14H21FN2O/c1-9-7-11(5-6-12(9)15)14(3,4)8-17-13(18)10(2)16/h5-7,10H,8,16H2,1-4H3,(H,17,18). The number of benzene rings is 1. The van der Waals surface area contributed by atoms with E-state index in [1.165, 1.54) is 6.07 Å². The number of carbonyl (C=O) groups is 1. The highest BCUT2D eigenvalue weighted by Gasteiger charge is 2.22. The van der Waals surface area contributed by atoms with Gasteiger partial charge in [0.05, 0.1) is 6.04 Å². The summed E-state index contributed by atoms with van der Waals surface area (Å²) in [6.45, 7) is 7.85. The average molecular weight is 252 g/mol. The van der Waals surface area contributed by atoms with Crippen molar-refractivity contribution in [1.82, 2.24) is 5.32 Å². The van der Waals surface area contributed by atoms with Crippen LogP contribution in [0, 0.1) is 12.7 Å². The van der Waals surface area contributed by atoms with Crippen LogP contribution < -0.4 is 11.1 Å². The van der Waals surface area contributed by atoms with Gasteiger partial charge >= 0.3 is 0 Å². The van der Waals surface area contributed by atoms with E-state index in [1.54, 1.807) is 19.9 Å². The summed E-state index contributed by atoms with van der Waals surface area (Å²) in [4.78, 5) is 11.4. The largest absolute Gasteiger partial charge is 0.354 e. The quantitative estimate of drug-likeness (QED) is 0.859. The summed E-state index contributed by atoms with van der Waals surface area (Å²) in [5.41, 5.74) is 6.83. The average Bonchev–Trinajstić information content (AvgIpc) is 2.29. The van der Waals surface area contributed by atoms with Gasteiger partial charge in [-0.25, -0.2) is 4.39 Å². The number of carbonyl (C=O) groups excluding carboxylic acids is 1. The van der Waals surface area contributed by atoms with E-state index in [9.17, 15) is 9.18 Å². The first-order chi connectivity index (χ1) is 8.24. The Hall–Kier alpha value is -1.42. The van der Waals surface area contributed by atoms with E-state index in [-0.39, 0.29) is 17.1 Å². The van der Waals surface area contributed by atoms with Gasteiger partial charge in [-0.1, -0.05) is 26.0 Å². The van der Waals surface area contributed by atoms with E-state index in [4.69, 9.17) is 5.73 Å². The Labute approximate surface area is 108 Å². The van der Waals surface area contributed by atoms with Crippen LogP contribution in [-0.2, 0) is 10.2 Å². The van der Waals surface area contributed by atoms with Crippen LogP contribution in [0.5, 0.6) is 0 Å². The maximum atomic E-state index is 13.2. The molecule has 1 aromatic rings. The van der Waals surface area contributed by atoms with Crippen LogP contribution in [0.4, 0.5) is 4.39 Å². The second-order valence-electron chi connectivity index (χ2n) is 5.35. The highest BCUT2D eigenvalue weighted by atomic mass is 19.1. The Bertz CT molecular complexity index is 441. The summed E-state index contributed by atoms with van der Waals surface area (Å²) < 4.78 is 13.2. The second-order valence-corrected chi connectivity index (χ2v) is 5.35. The number of aryl methyl sites for hydroxylation is 1. The zero-order chi connectivity index (χ0) is 13.9. The molecule has 3 N–H and O–H groups in total. The molecule has 0 aromatic heterocycles. The van der Waals surface area contributed by atoms with Crippen molar-refractivity contribution in [2.75, 3.05) is 6.54 Å². The first kappa shape index (κ1) is 14.6. The molecular weight excluding hydrogens is 231 g/mol. The zero-order valence-corrected chi connectivity index (χ0v) is 11.4. The monoisotopic (exact) mass is 252 g/mol. The molecule has 1 amide bonds. The fourth-order valence-electron chi connectivity index (χ4n) is 1.64. The van der Waals surface area contributed by atoms with Crippen molar-refractivity contribution < 1.29 is 9.18 Å². The maximum absolute atomic E-state index is 13.2. The van der Waals surface area contributed by atoms with E-state index in [0.29, 0.717) is 12.1 Å². The molecule has 0 aliphatic carbocycles. The van der Waals surface area contributed by atoms with Gasteiger partial charge in [-0.05, 0) is 31.0 Å². The minimum absolute atomic E-state index is 0.179. The summed E-state index contributed by atoms with van der Waals surface area (Å²) in [5, 5.41) is 2.80. The third kappa shape index (κ3) is 3.53. The van der Waals surface area contributed by atoms with Crippen LogP contribution in [0.25, 0.3) is 0 Å². The van der Waals surface area contributed by atoms with Crippen LogP contribution in [-0.4, -0.2) is 18.5 Å². The number of amides is 1. The number of rotatable bonds is 4. The number of nitrogens with two attached hydrogens (primary N) is 1. The Balaban J connectivity index is 2.79. The Morgan fingerprint density at radius 2 is 2.11 bits per heavy atom. The maximum Gasteiger partial charge on any atom is 0.236 e. The number of halogens is 1. The molecule has 1 aromatic carbocycles. The first-order valence-electron chi connectivity index (χ1n) is 6.04. The minimum atomic E-state index is -0.518. The summed E-state index contributed by atoms with van der Waals surface area (Å²) in [7, 11) is 0. The van der Waals surface area contributed by atoms with E-state index in [0.717, 1.165) is 5.56 Å². The van der Waals surface area contributed by atoms with Crippen molar-refractivity contribution in [3.8, 4) is 0 Å². The van der Waals surface area contributed by atoms with Gasteiger partial charge in [-0.15, -0.1) is 0 Å². The molecule has 4 heteroatoms. The molecule has 18 heavy (non-hydrogen) atoms. The minimum Gasteiger partial charge on any atom is -0.354 e. The lowest BCUT2D eigenvalue weighted by molar-refractivity contribution is -0.122. The first-order valence-corrected chi connectivity index (χ1v) is 6.04. The predicted molar refractivity (Wildman–Crippen MR) is 70.8 cm³/mol. The molecule has 100 valence electrons. The van der Waals surface area contributed by atoms with Crippen LogP contribution in [0.2, 0.25) is 0 Å². The van der Waals surface area contributed by atoms with Crippen molar-refractivity contribution in [2.24, 2.45) is 5.73 Å². The Morgan fingerprint density at radius 1 is 1.50 bits per heavy atom. The third-order valence-electron chi connectivity index (χ3n) is 3.06. The van der Waals surface area contributed by atoms with Gasteiger partial charge < -0.3 is 11.1 Å².